The Balaban J connectivity index is 1.12. The van der Waals surface area contributed by atoms with Gasteiger partial charge in [-0.1, -0.05) is 6.07 Å². The number of rotatable bonds is 6. The molecule has 4 heterocycles. The molecule has 35 heavy (non-hydrogen) atoms. The van der Waals surface area contributed by atoms with Gasteiger partial charge in [0.15, 0.2) is 0 Å². The Kier molecular flexibility index (Phi) is 5.32. The fourth-order valence-electron chi connectivity index (χ4n) is 5.24. The molecule has 0 bridgehead atoms. The highest BCUT2D eigenvalue weighted by molar-refractivity contribution is 7.19. The Morgan fingerprint density at radius 1 is 1.06 bits per heavy atom. The third-order valence-corrected chi connectivity index (χ3v) is 8.14. The summed E-state index contributed by atoms with van der Waals surface area (Å²) < 4.78 is 0. The normalized spacial score (nSPS) is 19.3. The standard InChI is InChI=1S/C25H23N5O4S/c31-19-9-8-17(22(32)29-19)30-24(33)14-7-6-13(11-16(14)25(30)34)3-2-10-26-21-20-15-4-1-5-18(15)35-23(20)28-12-27-21/h6-7,11-12,17H,1-5,8-10H2,(H,26,27,28)(H,29,31,32). The number of imide groups is 2. The zero-order valence-electron chi connectivity index (χ0n) is 18.9. The second-order valence-electron chi connectivity index (χ2n) is 9.12. The van der Waals surface area contributed by atoms with Crippen molar-refractivity contribution in [2.45, 2.75) is 51.0 Å². The van der Waals surface area contributed by atoms with E-state index < -0.39 is 23.8 Å². The van der Waals surface area contributed by atoms with Gasteiger partial charge in [0.2, 0.25) is 11.8 Å². The second-order valence-corrected chi connectivity index (χ2v) is 10.2. The number of carbonyl (C=O) groups excluding carboxylic acids is 4. The molecule has 1 atom stereocenters. The molecular formula is C25H23N5O4S. The summed E-state index contributed by atoms with van der Waals surface area (Å²) in [7, 11) is 0. The molecule has 9 nitrogen and oxygen atoms in total. The molecule has 10 heteroatoms. The van der Waals surface area contributed by atoms with Gasteiger partial charge in [-0.3, -0.25) is 29.4 Å². The van der Waals surface area contributed by atoms with Gasteiger partial charge in [0, 0.05) is 17.8 Å². The van der Waals surface area contributed by atoms with E-state index in [0.29, 0.717) is 17.7 Å². The molecule has 1 aromatic carbocycles. The summed E-state index contributed by atoms with van der Waals surface area (Å²) in [6, 6.07) is 4.31. The highest BCUT2D eigenvalue weighted by Gasteiger charge is 2.44. The molecule has 4 amide bonds. The van der Waals surface area contributed by atoms with Gasteiger partial charge in [0.05, 0.1) is 16.5 Å². The van der Waals surface area contributed by atoms with Gasteiger partial charge < -0.3 is 5.32 Å². The number of anilines is 1. The maximum atomic E-state index is 13.0. The van der Waals surface area contributed by atoms with Gasteiger partial charge in [0.25, 0.3) is 11.8 Å². The summed E-state index contributed by atoms with van der Waals surface area (Å²) >= 11 is 1.76. The van der Waals surface area contributed by atoms with Crippen LogP contribution in [0, 0.1) is 0 Å². The molecule has 178 valence electrons. The van der Waals surface area contributed by atoms with Crippen LogP contribution in [0.3, 0.4) is 0 Å². The van der Waals surface area contributed by atoms with Gasteiger partial charge in [-0.05, 0) is 61.8 Å². The molecule has 0 radical (unpaired) electrons. The molecule has 3 aromatic rings. The number of thiophene rings is 1. The van der Waals surface area contributed by atoms with Crippen molar-refractivity contribution in [2.24, 2.45) is 0 Å². The highest BCUT2D eigenvalue weighted by atomic mass is 32.1. The van der Waals surface area contributed by atoms with Crippen LogP contribution in [-0.4, -0.2) is 51.1 Å². The van der Waals surface area contributed by atoms with E-state index in [1.54, 1.807) is 29.8 Å². The van der Waals surface area contributed by atoms with Gasteiger partial charge in [-0.2, -0.15) is 0 Å². The molecule has 2 aromatic heterocycles. The van der Waals surface area contributed by atoms with Crippen LogP contribution in [-0.2, 0) is 28.9 Å². The SMILES string of the molecule is O=C1CCC(N2C(=O)c3ccc(CCCNc4ncnc5sc6c(c45)CCC6)cc3C2=O)C(=O)N1. The zero-order chi connectivity index (χ0) is 24.1. The highest BCUT2D eigenvalue weighted by Crippen LogP contribution is 2.39. The van der Waals surface area contributed by atoms with Gasteiger partial charge >= 0.3 is 0 Å². The van der Waals surface area contributed by atoms with Gasteiger partial charge in [0.1, 0.15) is 23.0 Å². The molecule has 1 fully saturated rings. The number of piperidine rings is 1. The molecule has 1 unspecified atom stereocenters. The van der Waals surface area contributed by atoms with Crippen LogP contribution >= 0.6 is 11.3 Å². The predicted octanol–water partition coefficient (Wildman–Crippen LogP) is 2.63. The van der Waals surface area contributed by atoms with E-state index in [4.69, 9.17) is 0 Å². The van der Waals surface area contributed by atoms with Crippen molar-refractivity contribution in [2.75, 3.05) is 11.9 Å². The number of aryl methyl sites for hydroxylation is 3. The Labute approximate surface area is 204 Å². The van der Waals surface area contributed by atoms with Crippen molar-refractivity contribution in [3.8, 4) is 0 Å². The molecule has 1 aliphatic carbocycles. The van der Waals surface area contributed by atoms with E-state index in [0.717, 1.165) is 52.2 Å². The lowest BCUT2D eigenvalue weighted by molar-refractivity contribution is -0.136. The van der Waals surface area contributed by atoms with Crippen LogP contribution in [0.5, 0.6) is 0 Å². The molecule has 2 aliphatic heterocycles. The first-order chi connectivity index (χ1) is 17.0. The van der Waals surface area contributed by atoms with Crippen LogP contribution in [0.1, 0.15) is 62.4 Å². The van der Waals surface area contributed by atoms with Crippen LogP contribution in [0.15, 0.2) is 24.5 Å². The molecule has 3 aliphatic rings. The molecule has 0 spiro atoms. The monoisotopic (exact) mass is 489 g/mol. The van der Waals surface area contributed by atoms with E-state index in [2.05, 4.69) is 20.6 Å². The third-order valence-electron chi connectivity index (χ3n) is 6.94. The molecular weight excluding hydrogens is 466 g/mol. The second kappa shape index (κ2) is 8.53. The molecule has 6 rings (SSSR count). The minimum absolute atomic E-state index is 0.106. The topological polar surface area (TPSA) is 121 Å². The van der Waals surface area contributed by atoms with Crippen molar-refractivity contribution < 1.29 is 19.2 Å². The van der Waals surface area contributed by atoms with Crippen molar-refractivity contribution in [3.05, 3.63) is 51.7 Å². The Hall–Kier alpha value is -3.66. The number of aromatic nitrogens is 2. The minimum atomic E-state index is -0.948. The maximum Gasteiger partial charge on any atom is 0.262 e. The van der Waals surface area contributed by atoms with E-state index in [1.165, 1.54) is 16.9 Å². The lowest BCUT2D eigenvalue weighted by Crippen LogP contribution is -2.54. The third kappa shape index (κ3) is 3.68. The average Bonchev–Trinajstić information content (AvgIpc) is 3.50. The van der Waals surface area contributed by atoms with Crippen molar-refractivity contribution >= 4 is 51.0 Å². The first-order valence-electron chi connectivity index (χ1n) is 11.8. The van der Waals surface area contributed by atoms with Gasteiger partial charge in [-0.25, -0.2) is 9.97 Å². The number of fused-ring (bicyclic) bond motifs is 4. The van der Waals surface area contributed by atoms with E-state index in [9.17, 15) is 19.2 Å². The minimum Gasteiger partial charge on any atom is -0.369 e. The number of hydrogen-bond acceptors (Lipinski definition) is 8. The first kappa shape index (κ1) is 21.8. The van der Waals surface area contributed by atoms with Crippen LogP contribution in [0.4, 0.5) is 5.82 Å². The Morgan fingerprint density at radius 2 is 1.91 bits per heavy atom. The lowest BCUT2D eigenvalue weighted by atomic mass is 10.0. The molecule has 1 saturated heterocycles. The molecule has 0 saturated carbocycles. The number of nitrogens with zero attached hydrogens (tertiary/aromatic N) is 3. The van der Waals surface area contributed by atoms with Crippen molar-refractivity contribution in [1.29, 1.82) is 0 Å². The quantitative estimate of drug-likeness (QED) is 0.403. The summed E-state index contributed by atoms with van der Waals surface area (Å²) in [4.78, 5) is 61.9. The summed E-state index contributed by atoms with van der Waals surface area (Å²) in [6.07, 6.45) is 6.78. The Morgan fingerprint density at radius 3 is 2.77 bits per heavy atom. The van der Waals surface area contributed by atoms with Crippen molar-refractivity contribution in [3.63, 3.8) is 0 Å². The van der Waals surface area contributed by atoms with Crippen LogP contribution < -0.4 is 10.6 Å². The van der Waals surface area contributed by atoms with E-state index >= 15 is 0 Å². The summed E-state index contributed by atoms with van der Waals surface area (Å²) in [6.45, 7) is 0.711. The fraction of sp³-hybridized carbons (Fsp3) is 0.360. The summed E-state index contributed by atoms with van der Waals surface area (Å²) in [5, 5.41) is 6.82. The predicted molar refractivity (Wildman–Crippen MR) is 129 cm³/mol. The average molecular weight is 490 g/mol. The number of hydrogen-bond donors (Lipinski definition) is 2. The lowest BCUT2D eigenvalue weighted by Gasteiger charge is -2.27. The molecule has 2 N–H and O–H groups in total. The number of carbonyl (C=O) groups is 4. The Bertz CT molecular complexity index is 1410. The number of nitrogens with one attached hydrogen (secondary N) is 2. The maximum absolute atomic E-state index is 13.0. The summed E-state index contributed by atoms with van der Waals surface area (Å²) in [5.74, 6) is -1.07. The number of amides is 4. The fourth-order valence-corrected chi connectivity index (χ4v) is 6.46. The number of benzene rings is 1. The van der Waals surface area contributed by atoms with Gasteiger partial charge in [-0.15, -0.1) is 11.3 Å². The van der Waals surface area contributed by atoms with Crippen LogP contribution in [0.25, 0.3) is 10.2 Å². The summed E-state index contributed by atoms with van der Waals surface area (Å²) in [5.41, 5.74) is 2.95. The smallest absolute Gasteiger partial charge is 0.262 e. The largest absolute Gasteiger partial charge is 0.369 e. The van der Waals surface area contributed by atoms with E-state index in [-0.39, 0.29) is 18.7 Å². The van der Waals surface area contributed by atoms with E-state index in [1.807, 2.05) is 6.07 Å². The van der Waals surface area contributed by atoms with Crippen LogP contribution in [0.2, 0.25) is 0 Å². The van der Waals surface area contributed by atoms with Crippen molar-refractivity contribution in [1.82, 2.24) is 20.2 Å². The first-order valence-corrected chi connectivity index (χ1v) is 12.7. The zero-order valence-corrected chi connectivity index (χ0v) is 19.7.